The topological polar surface area (TPSA) is 55.8 Å². The second-order valence-corrected chi connectivity index (χ2v) is 8.52. The third kappa shape index (κ3) is 4.37. The van der Waals surface area contributed by atoms with Gasteiger partial charge >= 0.3 is 12.1 Å². The van der Waals surface area contributed by atoms with Gasteiger partial charge in [-0.15, -0.1) is 0 Å². The lowest BCUT2D eigenvalue weighted by Gasteiger charge is -2.27. The quantitative estimate of drug-likeness (QED) is 0.542. The van der Waals surface area contributed by atoms with Gasteiger partial charge in [-0.1, -0.05) is 56.1 Å². The minimum absolute atomic E-state index is 0.0245. The Bertz CT molecular complexity index is 1040. The number of halogens is 5. The number of carboxylic acid groups (broad SMARTS) is 1. The summed E-state index contributed by atoms with van der Waals surface area (Å²) in [5.74, 6) is -1.64. The zero-order valence-corrected chi connectivity index (χ0v) is 17.6. The molecule has 0 spiro atoms. The second-order valence-electron chi connectivity index (χ2n) is 7.73. The Morgan fingerprint density at radius 3 is 2.37 bits per heavy atom. The van der Waals surface area contributed by atoms with E-state index in [0.29, 0.717) is 5.02 Å². The van der Waals surface area contributed by atoms with E-state index in [2.05, 4.69) is 0 Å². The van der Waals surface area contributed by atoms with Crippen LogP contribution in [0.5, 0.6) is 17.2 Å². The molecule has 30 heavy (non-hydrogen) atoms. The lowest BCUT2D eigenvalue weighted by atomic mass is 9.87. The maximum absolute atomic E-state index is 13.3. The van der Waals surface area contributed by atoms with Crippen LogP contribution in [0.25, 0.3) is 6.08 Å². The second kappa shape index (κ2) is 7.71. The zero-order valence-electron chi connectivity index (χ0n) is 16.1. The van der Waals surface area contributed by atoms with Crippen LogP contribution in [0.15, 0.2) is 35.9 Å². The molecule has 1 unspecified atom stereocenters. The Hall–Kier alpha value is -2.38. The number of rotatable bonds is 3. The molecule has 0 fully saturated rings. The first kappa shape index (κ1) is 22.3. The van der Waals surface area contributed by atoms with Gasteiger partial charge in [0.2, 0.25) is 6.10 Å². The van der Waals surface area contributed by atoms with E-state index >= 15 is 0 Å². The fourth-order valence-electron chi connectivity index (χ4n) is 2.98. The number of hydrogen-bond acceptors (Lipinski definition) is 3. The summed E-state index contributed by atoms with van der Waals surface area (Å²) in [5.41, 5.74) is -0.282. The average Bonchev–Trinajstić information content (AvgIpc) is 2.61. The van der Waals surface area contributed by atoms with Gasteiger partial charge in [-0.05, 0) is 29.2 Å². The molecule has 1 aliphatic rings. The van der Waals surface area contributed by atoms with Crippen molar-refractivity contribution in [3.05, 3.63) is 57.1 Å². The molecule has 0 saturated carbocycles. The van der Waals surface area contributed by atoms with Crippen LogP contribution in [0.2, 0.25) is 10.0 Å². The first-order valence-electron chi connectivity index (χ1n) is 8.77. The van der Waals surface area contributed by atoms with Gasteiger partial charge in [-0.3, -0.25) is 0 Å². The zero-order chi connectivity index (χ0) is 22.4. The number of carboxylic acids is 1. The fraction of sp³-hybridized carbons (Fsp3) is 0.286. The van der Waals surface area contributed by atoms with Crippen LogP contribution >= 0.6 is 23.2 Å². The molecular formula is C21H17Cl2F3O4. The van der Waals surface area contributed by atoms with Gasteiger partial charge in [-0.25, -0.2) is 4.79 Å². The highest BCUT2D eigenvalue weighted by Crippen LogP contribution is 2.44. The average molecular weight is 461 g/mol. The predicted molar refractivity (Wildman–Crippen MR) is 108 cm³/mol. The molecule has 4 nitrogen and oxygen atoms in total. The molecule has 9 heteroatoms. The summed E-state index contributed by atoms with van der Waals surface area (Å²) in [6, 6.07) is 7.66. The lowest BCUT2D eigenvalue weighted by Crippen LogP contribution is -2.40. The summed E-state index contributed by atoms with van der Waals surface area (Å²) in [5, 5.41) is 9.52. The highest BCUT2D eigenvalue weighted by Gasteiger charge is 2.48. The molecule has 0 amide bonds. The SMILES string of the molecule is CC(C)(C)c1cccc(Oc2cc3c(cc2Cl)C=C(C(=O)O)C(C(F)(F)F)O3)c1Cl. The molecule has 2 aromatic carbocycles. The molecule has 0 bridgehead atoms. The van der Waals surface area contributed by atoms with Gasteiger partial charge in [0.1, 0.15) is 17.2 Å². The van der Waals surface area contributed by atoms with Gasteiger partial charge in [0.15, 0.2) is 0 Å². The Labute approximate surface area is 180 Å². The Balaban J connectivity index is 2.03. The molecule has 1 N–H and O–H groups in total. The Kier molecular flexibility index (Phi) is 5.73. The van der Waals surface area contributed by atoms with Crippen molar-refractivity contribution in [3.8, 4) is 17.2 Å². The summed E-state index contributed by atoms with van der Waals surface area (Å²) in [4.78, 5) is 11.2. The molecular weight excluding hydrogens is 444 g/mol. The summed E-state index contributed by atoms with van der Waals surface area (Å²) in [6.07, 6.45) is -6.63. The highest BCUT2D eigenvalue weighted by molar-refractivity contribution is 6.33. The van der Waals surface area contributed by atoms with Crippen molar-refractivity contribution in [1.29, 1.82) is 0 Å². The lowest BCUT2D eigenvalue weighted by molar-refractivity contribution is -0.187. The minimum Gasteiger partial charge on any atom is -0.478 e. The molecule has 1 aliphatic heterocycles. The molecule has 2 aromatic rings. The van der Waals surface area contributed by atoms with E-state index in [1.54, 1.807) is 12.1 Å². The van der Waals surface area contributed by atoms with E-state index in [9.17, 15) is 18.0 Å². The van der Waals surface area contributed by atoms with Gasteiger partial charge in [0.05, 0.1) is 15.6 Å². The van der Waals surface area contributed by atoms with E-state index in [-0.39, 0.29) is 33.2 Å². The fourth-order valence-corrected chi connectivity index (χ4v) is 3.64. The molecule has 3 rings (SSSR count). The predicted octanol–water partition coefficient (Wildman–Crippen LogP) is 6.87. The number of hydrogen-bond donors (Lipinski definition) is 1. The summed E-state index contributed by atoms with van der Waals surface area (Å²) < 4.78 is 50.6. The third-order valence-electron chi connectivity index (χ3n) is 4.44. The maximum Gasteiger partial charge on any atom is 0.430 e. The van der Waals surface area contributed by atoms with Crippen LogP contribution in [0.1, 0.15) is 31.9 Å². The Morgan fingerprint density at radius 1 is 1.13 bits per heavy atom. The van der Waals surface area contributed by atoms with Crippen LogP contribution in [0, 0.1) is 0 Å². The number of benzene rings is 2. The van der Waals surface area contributed by atoms with Crippen LogP contribution in [0.3, 0.4) is 0 Å². The highest BCUT2D eigenvalue weighted by atomic mass is 35.5. The van der Waals surface area contributed by atoms with Gasteiger partial charge in [-0.2, -0.15) is 13.2 Å². The number of alkyl halides is 3. The number of aliphatic carboxylic acids is 1. The molecule has 0 aliphatic carbocycles. The number of fused-ring (bicyclic) bond motifs is 1. The monoisotopic (exact) mass is 460 g/mol. The van der Waals surface area contributed by atoms with Crippen molar-refractivity contribution in [2.24, 2.45) is 0 Å². The van der Waals surface area contributed by atoms with E-state index in [1.165, 1.54) is 12.1 Å². The maximum atomic E-state index is 13.3. The van der Waals surface area contributed by atoms with Gasteiger partial charge in [0.25, 0.3) is 0 Å². The smallest absolute Gasteiger partial charge is 0.430 e. The normalized spacial score (nSPS) is 16.4. The minimum atomic E-state index is -4.91. The van der Waals surface area contributed by atoms with E-state index < -0.39 is 23.8 Å². The Morgan fingerprint density at radius 2 is 1.80 bits per heavy atom. The van der Waals surface area contributed by atoms with Crippen molar-refractivity contribution in [2.75, 3.05) is 0 Å². The first-order chi connectivity index (χ1) is 13.8. The summed E-state index contributed by atoms with van der Waals surface area (Å²) in [7, 11) is 0. The van der Waals surface area contributed by atoms with E-state index in [0.717, 1.165) is 11.6 Å². The molecule has 0 saturated heterocycles. The van der Waals surface area contributed by atoms with Crippen LogP contribution in [-0.2, 0) is 10.2 Å². The summed E-state index contributed by atoms with van der Waals surface area (Å²) >= 11 is 12.7. The van der Waals surface area contributed by atoms with Crippen LogP contribution in [0.4, 0.5) is 13.2 Å². The van der Waals surface area contributed by atoms with Gasteiger partial charge in [0, 0.05) is 11.6 Å². The van der Waals surface area contributed by atoms with E-state index in [4.69, 9.17) is 37.8 Å². The molecule has 1 heterocycles. The third-order valence-corrected chi connectivity index (χ3v) is 5.12. The van der Waals surface area contributed by atoms with Crippen molar-refractivity contribution >= 4 is 35.2 Å². The molecule has 0 aromatic heterocycles. The molecule has 1 atom stereocenters. The van der Waals surface area contributed by atoms with E-state index in [1.807, 2.05) is 26.8 Å². The number of ether oxygens (including phenoxy) is 2. The summed E-state index contributed by atoms with van der Waals surface area (Å²) in [6.45, 7) is 5.92. The first-order valence-corrected chi connectivity index (χ1v) is 9.53. The molecule has 160 valence electrons. The van der Waals surface area contributed by atoms with Crippen molar-refractivity contribution in [1.82, 2.24) is 0 Å². The van der Waals surface area contributed by atoms with Crippen LogP contribution in [-0.4, -0.2) is 23.4 Å². The van der Waals surface area contributed by atoms with Crippen molar-refractivity contribution in [3.63, 3.8) is 0 Å². The van der Waals surface area contributed by atoms with Gasteiger partial charge < -0.3 is 14.6 Å². The largest absolute Gasteiger partial charge is 0.478 e. The number of carbonyl (C=O) groups is 1. The molecule has 0 radical (unpaired) electrons. The van der Waals surface area contributed by atoms with Crippen LogP contribution < -0.4 is 9.47 Å². The standard InChI is InChI=1S/C21H17Cl2F3O4/c1-20(2,3)12-5-4-6-14(17(12)23)29-16-9-15-10(8-13(16)22)7-11(19(27)28)18(30-15)21(24,25)26/h4-9,18H,1-3H3,(H,27,28). The van der Waals surface area contributed by atoms with Crippen molar-refractivity contribution < 1.29 is 32.5 Å². The van der Waals surface area contributed by atoms with Crippen molar-refractivity contribution in [2.45, 2.75) is 38.5 Å².